The Morgan fingerprint density at radius 1 is 1.37 bits per heavy atom. The lowest BCUT2D eigenvalue weighted by molar-refractivity contribution is -0.121. The quantitative estimate of drug-likeness (QED) is 0.815. The molecule has 0 spiro atoms. The van der Waals surface area contributed by atoms with Gasteiger partial charge in [0.1, 0.15) is 0 Å². The number of fused-ring (bicyclic) bond motifs is 1. The first kappa shape index (κ1) is 19.6. The number of rotatable bonds is 5. The summed E-state index contributed by atoms with van der Waals surface area (Å²) >= 11 is 1.67. The normalized spacial score (nSPS) is 18.4. The number of carbonyl (C=O) groups is 2. The Balaban J connectivity index is 1.52. The molecule has 9 heteroatoms. The van der Waals surface area contributed by atoms with Crippen molar-refractivity contribution in [1.29, 1.82) is 0 Å². The molecule has 0 aliphatic carbocycles. The SMILES string of the molecule is CC(F)(F)CNC(=O)NC(=O)CN1CCCC(c2nc3ccccc3s2)C1. The fourth-order valence-corrected chi connectivity index (χ4v) is 4.21. The Labute approximate surface area is 159 Å². The smallest absolute Gasteiger partial charge is 0.321 e. The van der Waals surface area contributed by atoms with Gasteiger partial charge < -0.3 is 5.32 Å². The van der Waals surface area contributed by atoms with Crippen LogP contribution >= 0.6 is 11.3 Å². The number of benzene rings is 1. The van der Waals surface area contributed by atoms with Crippen molar-refractivity contribution in [2.45, 2.75) is 31.6 Å². The van der Waals surface area contributed by atoms with Crippen molar-refractivity contribution in [3.05, 3.63) is 29.3 Å². The number of amides is 3. The second-order valence-electron chi connectivity index (χ2n) is 6.90. The molecule has 146 valence electrons. The first-order valence-corrected chi connectivity index (χ1v) is 9.65. The highest BCUT2D eigenvalue weighted by molar-refractivity contribution is 7.18. The van der Waals surface area contributed by atoms with Crippen LogP contribution in [0.1, 0.15) is 30.7 Å². The summed E-state index contributed by atoms with van der Waals surface area (Å²) in [5.74, 6) is -3.27. The van der Waals surface area contributed by atoms with Crippen LogP contribution in [0, 0.1) is 0 Å². The van der Waals surface area contributed by atoms with E-state index in [0.29, 0.717) is 13.5 Å². The zero-order chi connectivity index (χ0) is 19.4. The fourth-order valence-electron chi connectivity index (χ4n) is 3.11. The Morgan fingerprint density at radius 3 is 2.89 bits per heavy atom. The largest absolute Gasteiger partial charge is 0.332 e. The number of imide groups is 1. The van der Waals surface area contributed by atoms with Crippen LogP contribution in [0.5, 0.6) is 0 Å². The van der Waals surface area contributed by atoms with Crippen molar-refractivity contribution in [2.24, 2.45) is 0 Å². The number of likely N-dealkylation sites (tertiary alicyclic amines) is 1. The van der Waals surface area contributed by atoms with E-state index in [2.05, 4.69) is 5.32 Å². The van der Waals surface area contributed by atoms with E-state index in [1.807, 2.05) is 34.5 Å². The fraction of sp³-hybridized carbons (Fsp3) is 0.500. The van der Waals surface area contributed by atoms with Crippen molar-refractivity contribution in [2.75, 3.05) is 26.2 Å². The molecule has 0 radical (unpaired) electrons. The van der Waals surface area contributed by atoms with Crippen molar-refractivity contribution in [1.82, 2.24) is 20.5 Å². The number of halogens is 2. The molecule has 6 nitrogen and oxygen atoms in total. The maximum atomic E-state index is 12.7. The van der Waals surface area contributed by atoms with E-state index in [1.165, 1.54) is 0 Å². The van der Waals surface area contributed by atoms with Gasteiger partial charge in [-0.3, -0.25) is 15.0 Å². The number of carbonyl (C=O) groups excluding carboxylic acids is 2. The van der Waals surface area contributed by atoms with Crippen LogP contribution in [-0.2, 0) is 4.79 Å². The topological polar surface area (TPSA) is 74.3 Å². The Kier molecular flexibility index (Phi) is 6.01. The summed E-state index contributed by atoms with van der Waals surface area (Å²) in [5.41, 5.74) is 0.983. The number of aromatic nitrogens is 1. The lowest BCUT2D eigenvalue weighted by atomic mass is 9.99. The van der Waals surface area contributed by atoms with Gasteiger partial charge in [-0.15, -0.1) is 11.3 Å². The molecule has 2 N–H and O–H groups in total. The third kappa shape index (κ3) is 5.67. The van der Waals surface area contributed by atoms with Crippen molar-refractivity contribution >= 4 is 33.5 Å². The predicted molar refractivity (Wildman–Crippen MR) is 100 cm³/mol. The molecule has 1 saturated heterocycles. The summed E-state index contributed by atoms with van der Waals surface area (Å²) in [7, 11) is 0. The van der Waals surface area contributed by atoms with E-state index in [4.69, 9.17) is 4.98 Å². The molecule has 0 bridgehead atoms. The summed E-state index contributed by atoms with van der Waals surface area (Å²) in [4.78, 5) is 30.2. The Hall–Kier alpha value is -2.13. The first-order valence-electron chi connectivity index (χ1n) is 8.83. The van der Waals surface area contributed by atoms with E-state index in [-0.39, 0.29) is 12.5 Å². The molecule has 27 heavy (non-hydrogen) atoms. The second kappa shape index (κ2) is 8.26. The minimum absolute atomic E-state index is 0.0529. The number of piperidine rings is 1. The third-order valence-electron chi connectivity index (χ3n) is 4.34. The number of alkyl halides is 2. The Morgan fingerprint density at radius 2 is 2.15 bits per heavy atom. The molecular formula is C18H22F2N4O2S. The van der Waals surface area contributed by atoms with Gasteiger partial charge in [0.25, 0.3) is 5.92 Å². The monoisotopic (exact) mass is 396 g/mol. The number of thiazole rings is 1. The zero-order valence-corrected chi connectivity index (χ0v) is 15.8. The lowest BCUT2D eigenvalue weighted by Gasteiger charge is -2.31. The molecule has 1 fully saturated rings. The van der Waals surface area contributed by atoms with Gasteiger partial charge in [0.15, 0.2) is 0 Å². The van der Waals surface area contributed by atoms with Gasteiger partial charge in [0, 0.05) is 19.4 Å². The van der Waals surface area contributed by atoms with Gasteiger partial charge >= 0.3 is 6.03 Å². The molecule has 1 aromatic heterocycles. The number of hydrogen-bond acceptors (Lipinski definition) is 5. The van der Waals surface area contributed by atoms with Gasteiger partial charge in [-0.05, 0) is 31.5 Å². The zero-order valence-electron chi connectivity index (χ0n) is 15.0. The summed E-state index contributed by atoms with van der Waals surface area (Å²) in [6.45, 7) is 1.38. The van der Waals surface area contributed by atoms with Gasteiger partial charge in [0.2, 0.25) is 5.91 Å². The van der Waals surface area contributed by atoms with Gasteiger partial charge in [-0.25, -0.2) is 18.6 Å². The van der Waals surface area contributed by atoms with E-state index >= 15 is 0 Å². The molecule has 3 rings (SSSR count). The minimum atomic E-state index is -3.02. The van der Waals surface area contributed by atoms with E-state index < -0.39 is 24.4 Å². The van der Waals surface area contributed by atoms with Crippen LogP contribution in [0.3, 0.4) is 0 Å². The average molecular weight is 396 g/mol. The molecule has 1 aliphatic heterocycles. The van der Waals surface area contributed by atoms with Crippen LogP contribution in [0.4, 0.5) is 13.6 Å². The van der Waals surface area contributed by atoms with Gasteiger partial charge in [-0.2, -0.15) is 0 Å². The second-order valence-corrected chi connectivity index (χ2v) is 7.96. The molecule has 1 unspecified atom stereocenters. The lowest BCUT2D eigenvalue weighted by Crippen LogP contribution is -2.48. The molecule has 1 aromatic carbocycles. The number of nitrogens with one attached hydrogen (secondary N) is 2. The summed E-state index contributed by atoms with van der Waals surface area (Å²) in [6, 6.07) is 7.08. The van der Waals surface area contributed by atoms with Crippen molar-refractivity contribution in [3.63, 3.8) is 0 Å². The van der Waals surface area contributed by atoms with Crippen molar-refractivity contribution < 1.29 is 18.4 Å². The summed E-state index contributed by atoms with van der Waals surface area (Å²) in [6.07, 6.45) is 1.94. The highest BCUT2D eigenvalue weighted by Crippen LogP contribution is 2.32. The number of urea groups is 1. The summed E-state index contributed by atoms with van der Waals surface area (Å²) < 4.78 is 26.6. The summed E-state index contributed by atoms with van der Waals surface area (Å²) in [5, 5.41) is 5.15. The van der Waals surface area contributed by atoms with Crippen molar-refractivity contribution in [3.8, 4) is 0 Å². The molecule has 2 aromatic rings. The van der Waals surface area contributed by atoms with Crippen LogP contribution in [0.2, 0.25) is 0 Å². The van der Waals surface area contributed by atoms with Gasteiger partial charge in [-0.1, -0.05) is 12.1 Å². The van der Waals surface area contributed by atoms with E-state index in [1.54, 1.807) is 11.3 Å². The van der Waals surface area contributed by atoms with Crippen LogP contribution in [0.25, 0.3) is 10.2 Å². The van der Waals surface area contributed by atoms with Crippen LogP contribution in [-0.4, -0.2) is 53.9 Å². The number of para-hydroxylation sites is 1. The molecule has 2 heterocycles. The maximum absolute atomic E-state index is 12.7. The Bertz CT molecular complexity index is 788. The number of nitrogens with zero attached hydrogens (tertiary/aromatic N) is 2. The van der Waals surface area contributed by atoms with E-state index in [0.717, 1.165) is 34.6 Å². The highest BCUT2D eigenvalue weighted by atomic mass is 32.1. The first-order chi connectivity index (χ1) is 12.8. The molecule has 1 atom stereocenters. The molecule has 3 amide bonds. The van der Waals surface area contributed by atoms with Gasteiger partial charge in [0.05, 0.1) is 28.3 Å². The molecule has 1 aliphatic rings. The standard InChI is InChI=1S/C18H22F2N4O2S/c1-18(19,20)11-21-17(26)23-15(25)10-24-8-4-5-12(9-24)16-22-13-6-2-3-7-14(13)27-16/h2-3,6-7,12H,4-5,8-11H2,1H3,(H2,21,23,25,26). The predicted octanol–water partition coefficient (Wildman–Crippen LogP) is 2.96. The van der Waals surface area contributed by atoms with Crippen LogP contribution < -0.4 is 10.6 Å². The highest BCUT2D eigenvalue weighted by Gasteiger charge is 2.26. The molecule has 0 saturated carbocycles. The average Bonchev–Trinajstić information content (AvgIpc) is 3.04. The maximum Gasteiger partial charge on any atom is 0.321 e. The van der Waals surface area contributed by atoms with E-state index in [9.17, 15) is 18.4 Å². The third-order valence-corrected chi connectivity index (χ3v) is 5.54. The van der Waals surface area contributed by atoms with Crippen LogP contribution in [0.15, 0.2) is 24.3 Å². The molecular weight excluding hydrogens is 374 g/mol. The minimum Gasteiger partial charge on any atom is -0.332 e. The number of hydrogen-bond donors (Lipinski definition) is 2.